The topological polar surface area (TPSA) is 84.9 Å². The molecule has 0 radical (unpaired) electrons. The first-order valence-corrected chi connectivity index (χ1v) is 6.94. The molecule has 0 aliphatic rings. The molecule has 21 heavy (non-hydrogen) atoms. The minimum absolute atomic E-state index is 0.131. The Bertz CT molecular complexity index is 820. The first kappa shape index (κ1) is 13.7. The van der Waals surface area contributed by atoms with Gasteiger partial charge in [-0.15, -0.1) is 0 Å². The third-order valence-corrected chi connectivity index (χ3v) is 3.64. The van der Waals surface area contributed by atoms with Crippen molar-refractivity contribution in [1.82, 2.24) is 9.97 Å². The number of hydrogen-bond donors (Lipinski definition) is 2. The highest BCUT2D eigenvalue weighted by Crippen LogP contribution is 2.23. The molecule has 0 saturated carbocycles. The Kier molecular flexibility index (Phi) is 3.43. The van der Waals surface area contributed by atoms with Crippen molar-refractivity contribution in [2.75, 3.05) is 0 Å². The van der Waals surface area contributed by atoms with Crippen LogP contribution in [0.4, 0.5) is 0 Å². The molecule has 2 heterocycles. The lowest BCUT2D eigenvalue weighted by atomic mass is 10.1. The lowest BCUT2D eigenvalue weighted by molar-refractivity contribution is 0.0971. The van der Waals surface area contributed by atoms with Crippen LogP contribution in [0.15, 0.2) is 28.8 Å². The standard InChI is InChI=1S/C15H14ClN3O2/c1-8-14(15(17)20)21-13(19-8)5-2-9-7-18-12-4-3-10(16)6-11(9)12/h3-4,6-7,18H,2,5H2,1H3,(H2,17,20). The van der Waals surface area contributed by atoms with E-state index in [1.54, 1.807) is 6.92 Å². The van der Waals surface area contributed by atoms with Crippen molar-refractivity contribution < 1.29 is 9.21 Å². The van der Waals surface area contributed by atoms with Crippen LogP contribution in [0.2, 0.25) is 5.02 Å². The summed E-state index contributed by atoms with van der Waals surface area (Å²) in [7, 11) is 0. The predicted molar refractivity (Wildman–Crippen MR) is 80.5 cm³/mol. The van der Waals surface area contributed by atoms with Gasteiger partial charge in [0.2, 0.25) is 5.76 Å². The lowest BCUT2D eigenvalue weighted by Crippen LogP contribution is -2.10. The van der Waals surface area contributed by atoms with E-state index in [4.69, 9.17) is 21.8 Å². The summed E-state index contributed by atoms with van der Waals surface area (Å²) in [5.74, 6) is 0.0507. The minimum atomic E-state index is -0.592. The van der Waals surface area contributed by atoms with Gasteiger partial charge in [0, 0.05) is 28.5 Å². The fourth-order valence-electron chi connectivity index (χ4n) is 2.39. The molecule has 6 heteroatoms. The minimum Gasteiger partial charge on any atom is -0.435 e. The lowest BCUT2D eigenvalue weighted by Gasteiger charge is -1.98. The molecule has 3 aromatic rings. The molecule has 0 unspecified atom stereocenters. The maximum Gasteiger partial charge on any atom is 0.286 e. The van der Waals surface area contributed by atoms with Crippen LogP contribution in [0.25, 0.3) is 10.9 Å². The normalized spacial score (nSPS) is 11.1. The van der Waals surface area contributed by atoms with Gasteiger partial charge in [0.25, 0.3) is 5.91 Å². The van der Waals surface area contributed by atoms with E-state index < -0.39 is 5.91 Å². The Labute approximate surface area is 126 Å². The van der Waals surface area contributed by atoms with Crippen LogP contribution in [-0.4, -0.2) is 15.9 Å². The van der Waals surface area contributed by atoms with Gasteiger partial charge in [-0.1, -0.05) is 11.6 Å². The molecule has 5 nitrogen and oxygen atoms in total. The van der Waals surface area contributed by atoms with Crippen LogP contribution in [0, 0.1) is 6.92 Å². The number of carbonyl (C=O) groups excluding carboxylic acids is 1. The van der Waals surface area contributed by atoms with E-state index in [2.05, 4.69) is 9.97 Å². The highest BCUT2D eigenvalue weighted by atomic mass is 35.5. The zero-order chi connectivity index (χ0) is 15.0. The highest BCUT2D eigenvalue weighted by molar-refractivity contribution is 6.31. The maximum atomic E-state index is 11.1. The van der Waals surface area contributed by atoms with Crippen molar-refractivity contribution in [3.8, 4) is 0 Å². The van der Waals surface area contributed by atoms with Crippen LogP contribution >= 0.6 is 11.6 Å². The summed E-state index contributed by atoms with van der Waals surface area (Å²) in [6, 6.07) is 5.72. The van der Waals surface area contributed by atoms with Crippen LogP contribution in [0.1, 0.15) is 27.7 Å². The number of amides is 1. The van der Waals surface area contributed by atoms with Crippen molar-refractivity contribution in [2.24, 2.45) is 5.73 Å². The van der Waals surface area contributed by atoms with Gasteiger partial charge in [-0.05, 0) is 37.1 Å². The summed E-state index contributed by atoms with van der Waals surface area (Å²) < 4.78 is 5.39. The number of halogens is 1. The second-order valence-corrected chi connectivity index (χ2v) is 5.33. The van der Waals surface area contributed by atoms with Crippen molar-refractivity contribution in [3.05, 3.63) is 52.3 Å². The predicted octanol–water partition coefficient (Wildman–Crippen LogP) is 3.00. The summed E-state index contributed by atoms with van der Waals surface area (Å²) in [5.41, 5.74) is 7.91. The number of aromatic amines is 1. The second kappa shape index (κ2) is 5.26. The van der Waals surface area contributed by atoms with E-state index in [9.17, 15) is 4.79 Å². The molecule has 3 N–H and O–H groups in total. The number of nitrogens with two attached hydrogens (primary N) is 1. The number of oxazole rings is 1. The number of nitrogens with zero attached hydrogens (tertiary/aromatic N) is 1. The fourth-order valence-corrected chi connectivity index (χ4v) is 2.56. The quantitative estimate of drug-likeness (QED) is 0.777. The van der Waals surface area contributed by atoms with Crippen molar-refractivity contribution in [2.45, 2.75) is 19.8 Å². The monoisotopic (exact) mass is 303 g/mol. The first-order chi connectivity index (χ1) is 10.0. The molecule has 0 saturated heterocycles. The molecule has 108 valence electrons. The van der Waals surface area contributed by atoms with Gasteiger partial charge in [-0.25, -0.2) is 4.98 Å². The number of hydrogen-bond acceptors (Lipinski definition) is 3. The molecule has 2 aromatic heterocycles. The zero-order valence-corrected chi connectivity index (χ0v) is 12.2. The Morgan fingerprint density at radius 2 is 2.24 bits per heavy atom. The number of H-pyrrole nitrogens is 1. The van der Waals surface area contributed by atoms with Crippen molar-refractivity contribution in [3.63, 3.8) is 0 Å². The SMILES string of the molecule is Cc1nc(CCc2c[nH]c3ccc(Cl)cc23)oc1C(N)=O. The van der Waals surface area contributed by atoms with Crippen LogP contribution < -0.4 is 5.73 Å². The average molecular weight is 304 g/mol. The number of benzene rings is 1. The van der Waals surface area contributed by atoms with E-state index in [1.165, 1.54) is 0 Å². The molecule has 0 aliphatic carbocycles. The van der Waals surface area contributed by atoms with Gasteiger partial charge in [0.1, 0.15) is 0 Å². The highest BCUT2D eigenvalue weighted by Gasteiger charge is 2.14. The number of aryl methyl sites for hydroxylation is 3. The molecule has 0 fully saturated rings. The molecule has 0 bridgehead atoms. The van der Waals surface area contributed by atoms with E-state index in [-0.39, 0.29) is 5.76 Å². The van der Waals surface area contributed by atoms with E-state index >= 15 is 0 Å². The van der Waals surface area contributed by atoms with E-state index in [0.29, 0.717) is 23.0 Å². The molecule has 3 rings (SSSR count). The summed E-state index contributed by atoms with van der Waals surface area (Å²) in [6.45, 7) is 1.71. The molecular formula is C15H14ClN3O2. The largest absolute Gasteiger partial charge is 0.435 e. The molecule has 0 spiro atoms. The molecular weight excluding hydrogens is 290 g/mol. The Morgan fingerprint density at radius 1 is 1.43 bits per heavy atom. The summed E-state index contributed by atoms with van der Waals surface area (Å²) >= 11 is 6.03. The third kappa shape index (κ3) is 2.64. The van der Waals surface area contributed by atoms with Crippen LogP contribution in [0.5, 0.6) is 0 Å². The van der Waals surface area contributed by atoms with Crippen LogP contribution in [-0.2, 0) is 12.8 Å². The Hall–Kier alpha value is -2.27. The number of carbonyl (C=O) groups is 1. The van der Waals surface area contributed by atoms with Gasteiger partial charge in [-0.2, -0.15) is 0 Å². The third-order valence-electron chi connectivity index (χ3n) is 3.40. The number of rotatable bonds is 4. The number of fused-ring (bicyclic) bond motifs is 1. The summed E-state index contributed by atoms with van der Waals surface area (Å²) in [6.07, 6.45) is 3.28. The molecule has 1 aromatic carbocycles. The average Bonchev–Trinajstić information content (AvgIpc) is 2.99. The fraction of sp³-hybridized carbons (Fsp3) is 0.200. The summed E-state index contributed by atoms with van der Waals surface area (Å²) in [4.78, 5) is 18.6. The Balaban J connectivity index is 1.82. The second-order valence-electron chi connectivity index (χ2n) is 4.89. The number of primary amides is 1. The van der Waals surface area contributed by atoms with Gasteiger partial charge >= 0.3 is 0 Å². The smallest absolute Gasteiger partial charge is 0.286 e. The number of aromatic nitrogens is 2. The molecule has 0 atom stereocenters. The van der Waals surface area contributed by atoms with Gasteiger partial charge in [0.15, 0.2) is 5.89 Å². The van der Waals surface area contributed by atoms with Gasteiger partial charge in [0.05, 0.1) is 5.69 Å². The van der Waals surface area contributed by atoms with E-state index in [1.807, 2.05) is 24.4 Å². The van der Waals surface area contributed by atoms with Gasteiger partial charge < -0.3 is 15.1 Å². The van der Waals surface area contributed by atoms with Crippen LogP contribution in [0.3, 0.4) is 0 Å². The first-order valence-electron chi connectivity index (χ1n) is 6.56. The zero-order valence-electron chi connectivity index (χ0n) is 11.4. The maximum absolute atomic E-state index is 11.1. The summed E-state index contributed by atoms with van der Waals surface area (Å²) in [5, 5.41) is 1.78. The molecule has 0 aliphatic heterocycles. The molecule has 1 amide bonds. The Morgan fingerprint density at radius 3 is 2.95 bits per heavy atom. The van der Waals surface area contributed by atoms with Crippen molar-refractivity contribution >= 4 is 28.4 Å². The van der Waals surface area contributed by atoms with Crippen molar-refractivity contribution in [1.29, 1.82) is 0 Å². The van der Waals surface area contributed by atoms with Gasteiger partial charge in [-0.3, -0.25) is 4.79 Å². The van der Waals surface area contributed by atoms with E-state index in [0.717, 1.165) is 22.9 Å². The number of nitrogens with one attached hydrogen (secondary N) is 1.